The minimum Gasteiger partial charge on any atom is -0.385 e. The minimum atomic E-state index is -0.00874. The highest BCUT2D eigenvalue weighted by Crippen LogP contribution is 2.25. The monoisotopic (exact) mass is 248 g/mol. The third-order valence-corrected chi connectivity index (χ3v) is 3.34. The minimum absolute atomic E-state index is 0.00874. The lowest BCUT2D eigenvalue weighted by molar-refractivity contribution is -0.130. The van der Waals surface area contributed by atoms with Crippen molar-refractivity contribution in [3.8, 4) is 0 Å². The first kappa shape index (κ1) is 13.1. The molecule has 1 N–H and O–H groups in total. The van der Waals surface area contributed by atoms with E-state index in [1.54, 1.807) is 7.11 Å². The number of methoxy groups -OCH3 is 1. The van der Waals surface area contributed by atoms with Gasteiger partial charge in [0.2, 0.25) is 5.91 Å². The third-order valence-electron chi connectivity index (χ3n) is 3.34. The zero-order valence-electron chi connectivity index (χ0n) is 10.9. The van der Waals surface area contributed by atoms with Crippen LogP contribution in [0.2, 0.25) is 0 Å². The summed E-state index contributed by atoms with van der Waals surface area (Å²) < 4.78 is 5.09. The molecule has 4 heteroatoms. The topological polar surface area (TPSA) is 41.6 Å². The van der Waals surface area contributed by atoms with Crippen molar-refractivity contribution in [2.24, 2.45) is 0 Å². The van der Waals surface area contributed by atoms with Crippen LogP contribution in [-0.4, -0.2) is 37.1 Å². The van der Waals surface area contributed by atoms with Crippen molar-refractivity contribution < 1.29 is 9.53 Å². The van der Waals surface area contributed by atoms with E-state index in [1.807, 2.05) is 35.2 Å². The number of carbonyl (C=O) groups excluding carboxylic acids is 1. The van der Waals surface area contributed by atoms with Crippen LogP contribution in [0.25, 0.3) is 0 Å². The summed E-state index contributed by atoms with van der Waals surface area (Å²) >= 11 is 0. The van der Waals surface area contributed by atoms with Gasteiger partial charge in [-0.05, 0) is 18.9 Å². The molecule has 1 aliphatic heterocycles. The van der Waals surface area contributed by atoms with Crippen molar-refractivity contribution in [2.45, 2.75) is 25.6 Å². The molecular weight excluding hydrogens is 228 g/mol. The Labute approximate surface area is 108 Å². The Morgan fingerprint density at radius 3 is 2.83 bits per heavy atom. The standard InChI is InChI=1S/C14H20N2O2/c1-11(8-9-18-2)16-13(17)10-15-14(16)12-6-4-3-5-7-12/h3-7,11,14-15H,8-10H2,1-2H3. The summed E-state index contributed by atoms with van der Waals surface area (Å²) in [5, 5.41) is 3.27. The molecule has 1 aromatic carbocycles. The lowest BCUT2D eigenvalue weighted by Crippen LogP contribution is -2.38. The zero-order chi connectivity index (χ0) is 13.0. The molecule has 0 saturated carbocycles. The Balaban J connectivity index is 2.12. The first-order valence-electron chi connectivity index (χ1n) is 6.32. The number of ether oxygens (including phenoxy) is 1. The largest absolute Gasteiger partial charge is 0.385 e. The average Bonchev–Trinajstić information content (AvgIpc) is 2.79. The molecule has 0 spiro atoms. The predicted octanol–water partition coefficient (Wildman–Crippen LogP) is 1.54. The van der Waals surface area contributed by atoms with Gasteiger partial charge in [0.25, 0.3) is 0 Å². The van der Waals surface area contributed by atoms with Gasteiger partial charge in [-0.3, -0.25) is 10.1 Å². The van der Waals surface area contributed by atoms with Crippen molar-refractivity contribution >= 4 is 5.91 Å². The molecule has 0 bridgehead atoms. The number of benzene rings is 1. The second kappa shape index (κ2) is 5.98. The van der Waals surface area contributed by atoms with Crippen LogP contribution in [0, 0.1) is 0 Å². The number of hydrogen-bond acceptors (Lipinski definition) is 3. The molecule has 1 aromatic rings. The fourth-order valence-corrected chi connectivity index (χ4v) is 2.36. The van der Waals surface area contributed by atoms with Gasteiger partial charge in [0.1, 0.15) is 6.17 Å². The molecule has 98 valence electrons. The van der Waals surface area contributed by atoms with Crippen LogP contribution in [0.3, 0.4) is 0 Å². The van der Waals surface area contributed by atoms with Gasteiger partial charge in [-0.2, -0.15) is 0 Å². The highest BCUT2D eigenvalue weighted by Gasteiger charge is 2.34. The summed E-state index contributed by atoms with van der Waals surface area (Å²) in [6, 6.07) is 10.3. The molecule has 1 saturated heterocycles. The molecule has 0 aromatic heterocycles. The molecule has 18 heavy (non-hydrogen) atoms. The lowest BCUT2D eigenvalue weighted by atomic mass is 10.1. The van der Waals surface area contributed by atoms with E-state index < -0.39 is 0 Å². The van der Waals surface area contributed by atoms with Gasteiger partial charge in [0.15, 0.2) is 0 Å². The lowest BCUT2D eigenvalue weighted by Gasteiger charge is -2.30. The summed E-state index contributed by atoms with van der Waals surface area (Å²) in [6.07, 6.45) is 0.846. The van der Waals surface area contributed by atoms with Crippen LogP contribution in [-0.2, 0) is 9.53 Å². The molecule has 0 radical (unpaired) electrons. The Morgan fingerprint density at radius 1 is 1.44 bits per heavy atom. The van der Waals surface area contributed by atoms with Crippen molar-refractivity contribution in [1.29, 1.82) is 0 Å². The summed E-state index contributed by atoms with van der Waals surface area (Å²) in [5.74, 6) is 0.160. The third kappa shape index (κ3) is 2.71. The quantitative estimate of drug-likeness (QED) is 0.859. The Bertz CT molecular complexity index is 394. The van der Waals surface area contributed by atoms with E-state index in [0.29, 0.717) is 13.2 Å². The van der Waals surface area contributed by atoms with E-state index in [9.17, 15) is 4.79 Å². The van der Waals surface area contributed by atoms with E-state index >= 15 is 0 Å². The maximum atomic E-state index is 12.0. The normalized spacial score (nSPS) is 21.3. The van der Waals surface area contributed by atoms with Crippen molar-refractivity contribution in [2.75, 3.05) is 20.3 Å². The number of amides is 1. The zero-order valence-corrected chi connectivity index (χ0v) is 10.9. The predicted molar refractivity (Wildman–Crippen MR) is 70.0 cm³/mol. The number of nitrogens with zero attached hydrogens (tertiary/aromatic N) is 1. The smallest absolute Gasteiger partial charge is 0.238 e. The van der Waals surface area contributed by atoms with E-state index in [0.717, 1.165) is 12.0 Å². The molecule has 1 fully saturated rings. The number of carbonyl (C=O) groups is 1. The Hall–Kier alpha value is -1.39. The highest BCUT2D eigenvalue weighted by molar-refractivity contribution is 5.81. The van der Waals surface area contributed by atoms with Crippen molar-refractivity contribution in [1.82, 2.24) is 10.2 Å². The number of hydrogen-bond donors (Lipinski definition) is 1. The van der Waals surface area contributed by atoms with Crippen LogP contribution >= 0.6 is 0 Å². The van der Waals surface area contributed by atoms with Crippen LogP contribution in [0.4, 0.5) is 0 Å². The number of rotatable bonds is 5. The van der Waals surface area contributed by atoms with Gasteiger partial charge in [0, 0.05) is 19.8 Å². The molecule has 1 heterocycles. The summed E-state index contributed by atoms with van der Waals surface area (Å²) in [7, 11) is 1.69. The van der Waals surface area contributed by atoms with Crippen molar-refractivity contribution in [3.05, 3.63) is 35.9 Å². The SMILES string of the molecule is COCCC(C)N1C(=O)CNC1c1ccccc1. The maximum absolute atomic E-state index is 12.0. The summed E-state index contributed by atoms with van der Waals surface area (Å²) in [5.41, 5.74) is 1.13. The fraction of sp³-hybridized carbons (Fsp3) is 0.500. The highest BCUT2D eigenvalue weighted by atomic mass is 16.5. The summed E-state index contributed by atoms with van der Waals surface area (Å²) in [6.45, 7) is 3.16. The molecule has 1 amide bonds. The van der Waals surface area contributed by atoms with E-state index in [-0.39, 0.29) is 18.1 Å². The molecule has 2 atom stereocenters. The average molecular weight is 248 g/mol. The van der Waals surface area contributed by atoms with Crippen LogP contribution < -0.4 is 5.32 Å². The van der Waals surface area contributed by atoms with Gasteiger partial charge < -0.3 is 9.64 Å². The molecule has 1 aliphatic rings. The van der Waals surface area contributed by atoms with Crippen LogP contribution in [0.15, 0.2) is 30.3 Å². The first-order chi connectivity index (χ1) is 8.74. The summed E-state index contributed by atoms with van der Waals surface area (Å²) in [4.78, 5) is 13.9. The molecule has 0 aliphatic carbocycles. The van der Waals surface area contributed by atoms with E-state index in [4.69, 9.17) is 4.74 Å². The second-order valence-electron chi connectivity index (χ2n) is 4.63. The van der Waals surface area contributed by atoms with E-state index in [1.165, 1.54) is 0 Å². The van der Waals surface area contributed by atoms with Crippen molar-refractivity contribution in [3.63, 3.8) is 0 Å². The number of nitrogens with one attached hydrogen (secondary N) is 1. The van der Waals surface area contributed by atoms with Gasteiger partial charge >= 0.3 is 0 Å². The fourth-order valence-electron chi connectivity index (χ4n) is 2.36. The second-order valence-corrected chi connectivity index (χ2v) is 4.63. The van der Waals surface area contributed by atoms with Crippen LogP contribution in [0.1, 0.15) is 25.1 Å². The van der Waals surface area contributed by atoms with E-state index in [2.05, 4.69) is 12.2 Å². The molecule has 2 unspecified atom stereocenters. The molecule has 2 rings (SSSR count). The van der Waals surface area contributed by atoms with Gasteiger partial charge in [-0.15, -0.1) is 0 Å². The first-order valence-corrected chi connectivity index (χ1v) is 6.32. The Kier molecular flexibility index (Phi) is 4.33. The van der Waals surface area contributed by atoms with Gasteiger partial charge in [-0.25, -0.2) is 0 Å². The molecule has 4 nitrogen and oxygen atoms in total. The Morgan fingerprint density at radius 2 is 2.17 bits per heavy atom. The molecular formula is C14H20N2O2. The van der Waals surface area contributed by atoms with Gasteiger partial charge in [0.05, 0.1) is 6.54 Å². The van der Waals surface area contributed by atoms with Crippen LogP contribution in [0.5, 0.6) is 0 Å². The van der Waals surface area contributed by atoms with Gasteiger partial charge in [-0.1, -0.05) is 30.3 Å². The maximum Gasteiger partial charge on any atom is 0.238 e.